The second-order valence-electron chi connectivity index (χ2n) is 5.84. The number of ether oxygens (including phenoxy) is 3. The number of nitrogens with one attached hydrogen (secondary N) is 2. The number of carbonyl (C=O) groups is 4. The highest BCUT2D eigenvalue weighted by atomic mass is 32.1. The lowest BCUT2D eigenvalue weighted by atomic mass is 10.1. The Hall–Kier alpha value is -3.40. The first-order chi connectivity index (χ1) is 14.3. The van der Waals surface area contributed by atoms with Crippen LogP contribution in [0.2, 0.25) is 0 Å². The lowest BCUT2D eigenvalue weighted by Gasteiger charge is -2.07. The molecule has 0 unspecified atom stereocenters. The van der Waals surface area contributed by atoms with E-state index in [9.17, 15) is 19.2 Å². The highest BCUT2D eigenvalue weighted by Gasteiger charge is 2.28. The van der Waals surface area contributed by atoms with E-state index in [0.717, 1.165) is 11.3 Å². The molecule has 2 amide bonds. The van der Waals surface area contributed by atoms with Gasteiger partial charge in [-0.15, -0.1) is 11.3 Å². The van der Waals surface area contributed by atoms with Gasteiger partial charge in [-0.2, -0.15) is 0 Å². The molecule has 10 heteroatoms. The van der Waals surface area contributed by atoms with E-state index in [1.165, 1.54) is 7.11 Å². The molecule has 0 aliphatic carbocycles. The first kappa shape index (κ1) is 22.9. The highest BCUT2D eigenvalue weighted by Crippen LogP contribution is 2.34. The fourth-order valence-electron chi connectivity index (χ4n) is 2.51. The van der Waals surface area contributed by atoms with Crippen molar-refractivity contribution in [3.05, 3.63) is 40.3 Å². The second-order valence-corrected chi connectivity index (χ2v) is 6.86. The van der Waals surface area contributed by atoms with Crippen molar-refractivity contribution < 1.29 is 33.4 Å². The molecule has 2 aromatic rings. The van der Waals surface area contributed by atoms with Crippen LogP contribution in [0.3, 0.4) is 0 Å². The number of hydrogen-bond acceptors (Lipinski definition) is 8. The number of hydrogen-bond donors (Lipinski definition) is 2. The quantitative estimate of drug-likeness (QED) is 0.508. The Morgan fingerprint density at radius 3 is 2.23 bits per heavy atom. The number of rotatable bonds is 7. The Morgan fingerprint density at radius 2 is 1.67 bits per heavy atom. The van der Waals surface area contributed by atoms with Gasteiger partial charge in [0.1, 0.15) is 10.8 Å². The van der Waals surface area contributed by atoms with E-state index in [1.807, 2.05) is 6.92 Å². The standard InChI is InChI=1S/C20H22N2O7S/c1-5-28-13-9-7-12(8-10-13)21-16(23)15-11(3)14(19(25)27-4)18(30-15)22-17(24)20(26)29-6-2/h7-10H,5-6H2,1-4H3,(H,21,23)(H,22,24). The molecule has 1 heterocycles. The molecule has 1 aromatic heterocycles. The van der Waals surface area contributed by atoms with Crippen molar-refractivity contribution in [2.45, 2.75) is 20.8 Å². The smallest absolute Gasteiger partial charge is 0.397 e. The summed E-state index contributed by atoms with van der Waals surface area (Å²) in [5, 5.41) is 5.06. The van der Waals surface area contributed by atoms with Crippen molar-refractivity contribution in [1.82, 2.24) is 0 Å². The molecule has 0 saturated heterocycles. The summed E-state index contributed by atoms with van der Waals surface area (Å²) in [6, 6.07) is 6.78. The highest BCUT2D eigenvalue weighted by molar-refractivity contribution is 7.19. The lowest BCUT2D eigenvalue weighted by molar-refractivity contribution is -0.152. The van der Waals surface area contributed by atoms with E-state index in [4.69, 9.17) is 9.47 Å². The van der Waals surface area contributed by atoms with Crippen LogP contribution >= 0.6 is 11.3 Å². The number of benzene rings is 1. The van der Waals surface area contributed by atoms with Crippen LogP contribution in [0.25, 0.3) is 0 Å². The molecule has 0 spiro atoms. The normalized spacial score (nSPS) is 10.1. The van der Waals surface area contributed by atoms with Gasteiger partial charge in [0.15, 0.2) is 0 Å². The van der Waals surface area contributed by atoms with Gasteiger partial charge < -0.3 is 24.8 Å². The van der Waals surface area contributed by atoms with Crippen molar-refractivity contribution >= 4 is 45.8 Å². The number of anilines is 2. The summed E-state index contributed by atoms with van der Waals surface area (Å²) in [6.45, 7) is 5.53. The van der Waals surface area contributed by atoms with E-state index in [1.54, 1.807) is 38.1 Å². The maximum absolute atomic E-state index is 12.8. The minimum absolute atomic E-state index is 0.00279. The maximum Gasteiger partial charge on any atom is 0.397 e. The summed E-state index contributed by atoms with van der Waals surface area (Å²) < 4.78 is 14.8. The van der Waals surface area contributed by atoms with Crippen molar-refractivity contribution in [2.24, 2.45) is 0 Å². The van der Waals surface area contributed by atoms with Crippen LogP contribution in [0.4, 0.5) is 10.7 Å². The molecule has 2 N–H and O–H groups in total. The average molecular weight is 434 g/mol. The van der Waals surface area contributed by atoms with Crippen LogP contribution in [0.15, 0.2) is 24.3 Å². The zero-order valence-electron chi connectivity index (χ0n) is 17.0. The molecule has 0 saturated carbocycles. The minimum atomic E-state index is -1.10. The van der Waals surface area contributed by atoms with Crippen molar-refractivity contribution in [1.29, 1.82) is 0 Å². The average Bonchev–Trinajstić information content (AvgIpc) is 3.05. The van der Waals surface area contributed by atoms with E-state index in [-0.39, 0.29) is 22.0 Å². The number of amides is 2. The zero-order valence-corrected chi connectivity index (χ0v) is 17.8. The van der Waals surface area contributed by atoms with Gasteiger partial charge in [0.2, 0.25) is 0 Å². The summed E-state index contributed by atoms with van der Waals surface area (Å²) in [7, 11) is 1.18. The van der Waals surface area contributed by atoms with Gasteiger partial charge in [0, 0.05) is 5.69 Å². The summed E-state index contributed by atoms with van der Waals surface area (Å²) in [5.41, 5.74) is 0.833. The second kappa shape index (κ2) is 10.4. The molecule has 160 valence electrons. The molecule has 2 rings (SSSR count). The molecule has 0 atom stereocenters. The summed E-state index contributed by atoms with van der Waals surface area (Å²) in [5.74, 6) is -2.72. The number of esters is 2. The van der Waals surface area contributed by atoms with Crippen molar-refractivity contribution in [3.8, 4) is 5.75 Å². The van der Waals surface area contributed by atoms with Gasteiger partial charge in [-0.05, 0) is 50.6 Å². The molecule has 0 aliphatic rings. The molecule has 9 nitrogen and oxygen atoms in total. The first-order valence-corrected chi connectivity index (χ1v) is 9.87. The summed E-state index contributed by atoms with van der Waals surface area (Å²) >= 11 is 0.855. The van der Waals surface area contributed by atoms with Crippen LogP contribution < -0.4 is 15.4 Å². The summed E-state index contributed by atoms with van der Waals surface area (Å²) in [4.78, 5) is 48.7. The van der Waals surface area contributed by atoms with Crippen LogP contribution in [-0.2, 0) is 19.1 Å². The van der Waals surface area contributed by atoms with Crippen LogP contribution in [0.1, 0.15) is 39.4 Å². The van der Waals surface area contributed by atoms with Gasteiger partial charge in [0.25, 0.3) is 5.91 Å². The minimum Gasteiger partial charge on any atom is -0.494 e. The van der Waals surface area contributed by atoms with Crippen LogP contribution in [0, 0.1) is 6.92 Å². The lowest BCUT2D eigenvalue weighted by Crippen LogP contribution is -2.25. The predicted molar refractivity (Wildman–Crippen MR) is 111 cm³/mol. The summed E-state index contributed by atoms with van der Waals surface area (Å²) in [6.07, 6.45) is 0. The Morgan fingerprint density at radius 1 is 1.00 bits per heavy atom. The van der Waals surface area contributed by atoms with E-state index in [0.29, 0.717) is 23.6 Å². The molecule has 1 aromatic carbocycles. The van der Waals surface area contributed by atoms with E-state index < -0.39 is 23.8 Å². The molecule has 0 bridgehead atoms. The Bertz CT molecular complexity index is 951. The molecule has 0 radical (unpaired) electrons. The number of methoxy groups -OCH3 is 1. The first-order valence-electron chi connectivity index (χ1n) is 9.06. The third-order valence-corrected chi connectivity index (χ3v) is 5.06. The molecular formula is C20H22N2O7S. The fourth-order valence-corrected chi connectivity index (χ4v) is 3.59. The third kappa shape index (κ3) is 5.35. The number of carbonyl (C=O) groups excluding carboxylic acids is 4. The van der Waals surface area contributed by atoms with Crippen LogP contribution in [0.5, 0.6) is 5.75 Å². The largest absolute Gasteiger partial charge is 0.494 e. The molecule has 0 fully saturated rings. The monoisotopic (exact) mass is 434 g/mol. The Labute approximate surface area is 177 Å². The van der Waals surface area contributed by atoms with Crippen LogP contribution in [-0.4, -0.2) is 44.1 Å². The SMILES string of the molecule is CCOC(=O)C(=O)Nc1sc(C(=O)Nc2ccc(OCC)cc2)c(C)c1C(=O)OC. The Balaban J connectivity index is 2.29. The van der Waals surface area contributed by atoms with Crippen molar-refractivity contribution in [3.63, 3.8) is 0 Å². The number of thiophene rings is 1. The third-order valence-electron chi connectivity index (χ3n) is 3.85. The Kier molecular flexibility index (Phi) is 7.93. The maximum atomic E-state index is 12.8. The van der Waals surface area contributed by atoms with Gasteiger partial charge in [-0.25, -0.2) is 9.59 Å². The van der Waals surface area contributed by atoms with Gasteiger partial charge in [-0.3, -0.25) is 9.59 Å². The van der Waals surface area contributed by atoms with Gasteiger partial charge in [-0.1, -0.05) is 0 Å². The molecule has 30 heavy (non-hydrogen) atoms. The topological polar surface area (TPSA) is 120 Å². The van der Waals surface area contributed by atoms with Crippen molar-refractivity contribution in [2.75, 3.05) is 31.0 Å². The molecular weight excluding hydrogens is 412 g/mol. The predicted octanol–water partition coefficient (Wildman–Crippen LogP) is 3.00. The fraction of sp³-hybridized carbons (Fsp3) is 0.300. The van der Waals surface area contributed by atoms with Gasteiger partial charge >= 0.3 is 17.8 Å². The van der Waals surface area contributed by atoms with E-state index >= 15 is 0 Å². The zero-order chi connectivity index (χ0) is 22.3. The van der Waals surface area contributed by atoms with Gasteiger partial charge in [0.05, 0.1) is 30.8 Å². The molecule has 0 aliphatic heterocycles. The van der Waals surface area contributed by atoms with E-state index in [2.05, 4.69) is 15.4 Å².